The molecule has 1 aromatic carbocycles. The molecule has 0 bridgehead atoms. The standard InChI is InChI=1S/C21H33FN4O2/c1-2-3-4-5-6-7-8-9-10-14-17-24-25(22)20(18-21(27)28)23-26(24)19-15-12-11-13-16-19/h11-13,15-16H,2-10,14,17-18H2,1H3,(H,27,28). The molecule has 2 rings (SSSR count). The Labute approximate surface area is 167 Å². The maximum atomic E-state index is 14.6. The van der Waals surface area contributed by atoms with Gasteiger partial charge in [-0.1, -0.05) is 92.5 Å². The first kappa shape index (κ1) is 22.1. The minimum absolute atomic E-state index is 0.108. The molecule has 0 spiro atoms. The number of amidine groups is 1. The van der Waals surface area contributed by atoms with Crippen LogP contribution < -0.4 is 5.12 Å². The Hall–Kier alpha value is -2.15. The van der Waals surface area contributed by atoms with Crippen LogP contribution in [-0.2, 0) is 4.79 Å². The molecule has 0 aliphatic carbocycles. The number of hydrogen-bond donors (Lipinski definition) is 1. The number of carboxylic acid groups (broad SMARTS) is 1. The Bertz CT molecular complexity index is 612. The third kappa shape index (κ3) is 7.11. The van der Waals surface area contributed by atoms with Gasteiger partial charge >= 0.3 is 5.97 Å². The summed E-state index contributed by atoms with van der Waals surface area (Å²) in [5, 5.41) is 16.4. The number of carbonyl (C=O) groups is 1. The molecule has 156 valence electrons. The van der Waals surface area contributed by atoms with Crippen LogP contribution in [0.25, 0.3) is 0 Å². The van der Waals surface area contributed by atoms with E-state index in [1.807, 2.05) is 30.3 Å². The summed E-state index contributed by atoms with van der Waals surface area (Å²) < 4.78 is 14.6. The summed E-state index contributed by atoms with van der Waals surface area (Å²) in [6.07, 6.45) is 11.6. The second kappa shape index (κ2) is 12.3. The first-order chi connectivity index (χ1) is 13.6. The maximum Gasteiger partial charge on any atom is 0.311 e. The summed E-state index contributed by atoms with van der Waals surface area (Å²) in [7, 11) is 0. The number of hydrazine groups is 2. The molecule has 1 N–H and O–H groups in total. The minimum Gasteiger partial charge on any atom is -0.481 e. The SMILES string of the molecule is CCCCCCCCCCCCN1N(F)C(CC(=O)O)=NN1c1ccccc1. The Balaban J connectivity index is 1.76. The third-order valence-electron chi connectivity index (χ3n) is 4.85. The fourth-order valence-electron chi connectivity index (χ4n) is 3.32. The number of nitrogens with zero attached hydrogens (tertiary/aromatic N) is 4. The van der Waals surface area contributed by atoms with Gasteiger partial charge < -0.3 is 5.11 Å². The summed E-state index contributed by atoms with van der Waals surface area (Å²) in [6, 6.07) is 9.23. The number of hydrazone groups is 1. The van der Waals surface area contributed by atoms with Crippen molar-refractivity contribution >= 4 is 17.5 Å². The van der Waals surface area contributed by atoms with Crippen molar-refractivity contribution in [3.05, 3.63) is 30.3 Å². The second-order valence-electron chi connectivity index (χ2n) is 7.25. The van der Waals surface area contributed by atoms with Gasteiger partial charge in [-0.2, -0.15) is 5.12 Å². The highest BCUT2D eigenvalue weighted by Crippen LogP contribution is 2.25. The van der Waals surface area contributed by atoms with Crippen molar-refractivity contribution in [2.45, 2.75) is 77.6 Å². The third-order valence-corrected chi connectivity index (χ3v) is 4.85. The van der Waals surface area contributed by atoms with Crippen LogP contribution in [0, 0.1) is 0 Å². The summed E-state index contributed by atoms with van der Waals surface area (Å²) >= 11 is 0. The number of benzene rings is 1. The predicted octanol–water partition coefficient (Wildman–Crippen LogP) is 5.53. The van der Waals surface area contributed by atoms with Crippen LogP contribution in [0.4, 0.5) is 10.2 Å². The van der Waals surface area contributed by atoms with Crippen molar-refractivity contribution in [1.82, 2.24) is 10.3 Å². The summed E-state index contributed by atoms with van der Waals surface area (Å²) in [4.78, 5) is 11.0. The fraction of sp³-hybridized carbons (Fsp3) is 0.619. The van der Waals surface area contributed by atoms with Gasteiger partial charge in [-0.05, 0) is 18.6 Å². The van der Waals surface area contributed by atoms with E-state index in [4.69, 9.17) is 5.11 Å². The lowest BCUT2D eigenvalue weighted by Gasteiger charge is -2.28. The zero-order valence-corrected chi connectivity index (χ0v) is 16.9. The van der Waals surface area contributed by atoms with Gasteiger partial charge in [0.15, 0.2) is 5.84 Å². The van der Waals surface area contributed by atoms with Gasteiger partial charge in [-0.25, -0.2) is 0 Å². The highest BCUT2D eigenvalue weighted by atomic mass is 19.2. The monoisotopic (exact) mass is 392 g/mol. The average molecular weight is 393 g/mol. The maximum absolute atomic E-state index is 14.6. The lowest BCUT2D eigenvalue weighted by molar-refractivity contribution is -0.137. The zero-order valence-electron chi connectivity index (χ0n) is 16.9. The van der Waals surface area contributed by atoms with E-state index in [2.05, 4.69) is 12.0 Å². The normalized spacial score (nSPS) is 14.6. The minimum atomic E-state index is -1.10. The molecular formula is C21H33FN4O2. The van der Waals surface area contributed by atoms with Crippen LogP contribution >= 0.6 is 0 Å². The highest BCUT2D eigenvalue weighted by molar-refractivity contribution is 5.97. The molecule has 0 fully saturated rings. The van der Waals surface area contributed by atoms with Crippen LogP contribution in [-0.4, -0.2) is 33.8 Å². The number of unbranched alkanes of at least 4 members (excludes halogenated alkanes) is 9. The van der Waals surface area contributed by atoms with E-state index in [0.717, 1.165) is 19.3 Å². The molecule has 0 atom stereocenters. The van der Waals surface area contributed by atoms with Crippen molar-refractivity contribution in [2.75, 3.05) is 11.7 Å². The number of para-hydroxylation sites is 1. The predicted molar refractivity (Wildman–Crippen MR) is 110 cm³/mol. The summed E-state index contributed by atoms with van der Waals surface area (Å²) in [5.74, 6) is -1.21. The Morgan fingerprint density at radius 1 is 0.964 bits per heavy atom. The Morgan fingerprint density at radius 3 is 2.11 bits per heavy atom. The van der Waals surface area contributed by atoms with Gasteiger partial charge in [0.25, 0.3) is 0 Å². The van der Waals surface area contributed by atoms with Crippen LogP contribution in [0.5, 0.6) is 0 Å². The smallest absolute Gasteiger partial charge is 0.311 e. The van der Waals surface area contributed by atoms with E-state index in [9.17, 15) is 9.28 Å². The summed E-state index contributed by atoms with van der Waals surface area (Å²) in [5.41, 5.74) is 0.706. The molecule has 0 aromatic heterocycles. The van der Waals surface area contributed by atoms with Crippen LogP contribution in [0.3, 0.4) is 0 Å². The number of halogens is 1. The van der Waals surface area contributed by atoms with E-state index in [1.165, 1.54) is 55.2 Å². The molecule has 6 nitrogen and oxygen atoms in total. The van der Waals surface area contributed by atoms with Crippen molar-refractivity contribution in [1.29, 1.82) is 0 Å². The topological polar surface area (TPSA) is 59.4 Å². The quantitative estimate of drug-likeness (QED) is 0.333. The van der Waals surface area contributed by atoms with Crippen molar-refractivity contribution < 1.29 is 14.4 Å². The molecule has 0 saturated heterocycles. The van der Waals surface area contributed by atoms with Gasteiger partial charge in [0.2, 0.25) is 0 Å². The van der Waals surface area contributed by atoms with E-state index < -0.39 is 12.4 Å². The Morgan fingerprint density at radius 2 is 1.54 bits per heavy atom. The Kier molecular flexibility index (Phi) is 9.76. The van der Waals surface area contributed by atoms with Crippen molar-refractivity contribution in [3.63, 3.8) is 0 Å². The lowest BCUT2D eigenvalue weighted by Crippen LogP contribution is -2.44. The van der Waals surface area contributed by atoms with E-state index in [0.29, 0.717) is 17.5 Å². The molecule has 0 unspecified atom stereocenters. The second-order valence-corrected chi connectivity index (χ2v) is 7.25. The fourth-order valence-corrected chi connectivity index (χ4v) is 3.32. The van der Waals surface area contributed by atoms with Crippen LogP contribution in [0.1, 0.15) is 77.6 Å². The molecule has 7 heteroatoms. The van der Waals surface area contributed by atoms with Gasteiger partial charge in [0, 0.05) is 6.54 Å². The largest absolute Gasteiger partial charge is 0.481 e. The number of anilines is 1. The molecular weight excluding hydrogens is 359 g/mol. The highest BCUT2D eigenvalue weighted by Gasteiger charge is 2.34. The van der Waals surface area contributed by atoms with Gasteiger partial charge in [0.1, 0.15) is 6.42 Å². The van der Waals surface area contributed by atoms with E-state index in [1.54, 1.807) is 0 Å². The number of hydrogen-bond acceptors (Lipinski definition) is 5. The molecule has 1 heterocycles. The number of carboxylic acids is 1. The molecule has 1 aliphatic rings. The van der Waals surface area contributed by atoms with Gasteiger partial charge in [-0.3, -0.25) is 4.79 Å². The summed E-state index contributed by atoms with van der Waals surface area (Å²) in [6.45, 7) is 2.68. The average Bonchev–Trinajstić information content (AvgIpc) is 2.99. The molecule has 0 radical (unpaired) electrons. The first-order valence-corrected chi connectivity index (χ1v) is 10.5. The van der Waals surface area contributed by atoms with Crippen LogP contribution in [0.15, 0.2) is 35.4 Å². The molecule has 1 aliphatic heterocycles. The first-order valence-electron chi connectivity index (χ1n) is 10.5. The van der Waals surface area contributed by atoms with Gasteiger partial charge in [0.05, 0.1) is 5.69 Å². The van der Waals surface area contributed by atoms with Gasteiger partial charge in [-0.15, -0.1) is 10.3 Å². The molecule has 0 saturated carbocycles. The van der Waals surface area contributed by atoms with Crippen molar-refractivity contribution in [2.24, 2.45) is 5.10 Å². The number of rotatable bonds is 14. The van der Waals surface area contributed by atoms with E-state index >= 15 is 0 Å². The molecule has 1 aromatic rings. The lowest BCUT2D eigenvalue weighted by atomic mass is 10.1. The molecule has 0 amide bonds. The van der Waals surface area contributed by atoms with Crippen LogP contribution in [0.2, 0.25) is 0 Å². The van der Waals surface area contributed by atoms with E-state index in [-0.39, 0.29) is 5.84 Å². The zero-order chi connectivity index (χ0) is 20.2. The molecule has 28 heavy (non-hydrogen) atoms. The number of aliphatic carboxylic acids is 1. The van der Waals surface area contributed by atoms with Crippen molar-refractivity contribution in [3.8, 4) is 0 Å².